The number of aromatic nitrogens is 4. The third kappa shape index (κ3) is 4.23. The zero-order chi connectivity index (χ0) is 25.2. The van der Waals surface area contributed by atoms with Crippen molar-refractivity contribution in [2.75, 3.05) is 6.61 Å². The number of benzene rings is 2. The van der Waals surface area contributed by atoms with Crippen LogP contribution in [0.5, 0.6) is 5.75 Å². The van der Waals surface area contributed by atoms with Gasteiger partial charge >= 0.3 is 0 Å². The Hall–Kier alpha value is -4.07. The van der Waals surface area contributed by atoms with E-state index in [0.717, 1.165) is 29.7 Å². The smallest absolute Gasteiger partial charge is 0.242 e. The van der Waals surface area contributed by atoms with E-state index in [2.05, 4.69) is 16.7 Å². The van der Waals surface area contributed by atoms with E-state index in [-0.39, 0.29) is 34.8 Å². The van der Waals surface area contributed by atoms with E-state index in [4.69, 9.17) is 4.74 Å². The van der Waals surface area contributed by atoms with E-state index in [1.165, 1.54) is 30.5 Å². The topological polar surface area (TPSA) is 61.9 Å². The van der Waals surface area contributed by atoms with Crippen molar-refractivity contribution < 1.29 is 13.5 Å². The van der Waals surface area contributed by atoms with Gasteiger partial charge in [0.25, 0.3) is 0 Å². The van der Waals surface area contributed by atoms with E-state index >= 15 is 0 Å². The Kier molecular flexibility index (Phi) is 6.50. The molecule has 2 aromatic carbocycles. The van der Waals surface area contributed by atoms with Crippen LogP contribution in [0.4, 0.5) is 8.78 Å². The predicted octanol–water partition coefficient (Wildman–Crippen LogP) is 5.59. The molecule has 184 valence electrons. The van der Waals surface area contributed by atoms with Gasteiger partial charge in [0.2, 0.25) is 5.43 Å². The second-order valence-corrected chi connectivity index (χ2v) is 8.80. The monoisotopic (exact) mass is 488 g/mol. The standard InChI is InChI=1S/C28H26F2N4O2/c1-3-5-14-36-27-24(35)16-32-34-23(17-33-22(4-2)15-31-28(33)26(27)34)25(18-6-10-20(29)11-7-18)19-8-12-21(30)13-9-19/h4,6-13,15-16,23,25H,2-3,5,14,17H2,1H3/t23-/m1/s1. The number of rotatable bonds is 8. The summed E-state index contributed by atoms with van der Waals surface area (Å²) in [5.41, 5.74) is 2.60. The number of hydrogen-bond acceptors (Lipinski definition) is 4. The van der Waals surface area contributed by atoms with Gasteiger partial charge in [-0.2, -0.15) is 5.10 Å². The maximum absolute atomic E-state index is 13.8. The van der Waals surface area contributed by atoms with Gasteiger partial charge in [-0.1, -0.05) is 44.2 Å². The van der Waals surface area contributed by atoms with Gasteiger partial charge in [-0.25, -0.2) is 13.8 Å². The van der Waals surface area contributed by atoms with Crippen molar-refractivity contribution in [1.82, 2.24) is 19.3 Å². The molecule has 0 aliphatic carbocycles. The zero-order valence-electron chi connectivity index (χ0n) is 19.9. The highest BCUT2D eigenvalue weighted by molar-refractivity contribution is 5.63. The SMILES string of the molecule is C=Cc1cnc2n1C[C@H](C(c1ccc(F)cc1)c1ccc(F)cc1)n1ncc(=O)c(OCCCC)c1-2. The Morgan fingerprint density at radius 2 is 1.72 bits per heavy atom. The lowest BCUT2D eigenvalue weighted by atomic mass is 9.84. The number of fused-ring (bicyclic) bond motifs is 3. The molecule has 0 unspecified atom stereocenters. The van der Waals surface area contributed by atoms with Crippen molar-refractivity contribution in [2.45, 2.75) is 38.3 Å². The van der Waals surface area contributed by atoms with E-state index in [9.17, 15) is 13.6 Å². The van der Waals surface area contributed by atoms with Gasteiger partial charge in [0.1, 0.15) is 17.3 Å². The number of imidazole rings is 1. The van der Waals surface area contributed by atoms with Crippen LogP contribution in [0, 0.1) is 11.6 Å². The summed E-state index contributed by atoms with van der Waals surface area (Å²) in [6.45, 7) is 6.81. The molecule has 1 aliphatic heterocycles. The van der Waals surface area contributed by atoms with Crippen LogP contribution in [0.3, 0.4) is 0 Å². The van der Waals surface area contributed by atoms with E-state index in [1.807, 2.05) is 11.5 Å². The normalized spacial score (nSPS) is 14.4. The van der Waals surface area contributed by atoms with Crippen LogP contribution in [0.2, 0.25) is 0 Å². The molecule has 4 aromatic rings. The maximum Gasteiger partial charge on any atom is 0.242 e. The lowest BCUT2D eigenvalue weighted by Gasteiger charge is -2.35. The second-order valence-electron chi connectivity index (χ2n) is 8.80. The molecule has 0 saturated heterocycles. The van der Waals surface area contributed by atoms with Crippen LogP contribution in [-0.4, -0.2) is 25.9 Å². The molecule has 0 N–H and O–H groups in total. The highest BCUT2D eigenvalue weighted by Gasteiger charge is 2.37. The quantitative estimate of drug-likeness (QED) is 0.303. The first-order valence-electron chi connectivity index (χ1n) is 12.0. The lowest BCUT2D eigenvalue weighted by Crippen LogP contribution is -2.33. The molecule has 5 rings (SSSR count). The fourth-order valence-corrected chi connectivity index (χ4v) is 4.79. The Balaban J connectivity index is 1.74. The summed E-state index contributed by atoms with van der Waals surface area (Å²) in [6.07, 6.45) is 6.39. The van der Waals surface area contributed by atoms with Gasteiger partial charge in [-0.15, -0.1) is 0 Å². The first kappa shape index (κ1) is 23.7. The number of unbranched alkanes of at least 4 members (excludes halogenated alkanes) is 1. The van der Waals surface area contributed by atoms with Crippen molar-refractivity contribution in [3.63, 3.8) is 0 Å². The molecular formula is C28H26F2N4O2. The van der Waals surface area contributed by atoms with Crippen molar-refractivity contribution in [3.05, 3.63) is 106 Å². The summed E-state index contributed by atoms with van der Waals surface area (Å²) in [5.74, 6) is -0.270. The summed E-state index contributed by atoms with van der Waals surface area (Å²) in [6, 6.07) is 12.2. The summed E-state index contributed by atoms with van der Waals surface area (Å²) in [7, 11) is 0. The second kappa shape index (κ2) is 9.89. The van der Waals surface area contributed by atoms with Crippen LogP contribution in [0.25, 0.3) is 17.6 Å². The van der Waals surface area contributed by atoms with E-state index in [0.29, 0.717) is 24.7 Å². The minimum Gasteiger partial charge on any atom is -0.487 e. The first-order chi connectivity index (χ1) is 17.5. The van der Waals surface area contributed by atoms with Crippen LogP contribution < -0.4 is 10.2 Å². The predicted molar refractivity (Wildman–Crippen MR) is 134 cm³/mol. The molecule has 2 aromatic heterocycles. The third-order valence-electron chi connectivity index (χ3n) is 6.55. The van der Waals surface area contributed by atoms with Crippen molar-refractivity contribution in [2.24, 2.45) is 0 Å². The van der Waals surface area contributed by atoms with Crippen molar-refractivity contribution >= 4 is 6.08 Å². The molecule has 8 heteroatoms. The van der Waals surface area contributed by atoms with Gasteiger partial charge < -0.3 is 9.30 Å². The molecule has 0 radical (unpaired) electrons. The third-order valence-corrected chi connectivity index (χ3v) is 6.55. The highest BCUT2D eigenvalue weighted by Crippen LogP contribution is 2.43. The van der Waals surface area contributed by atoms with Crippen molar-refractivity contribution in [1.29, 1.82) is 0 Å². The molecule has 0 saturated carbocycles. The van der Waals surface area contributed by atoms with Crippen LogP contribution in [-0.2, 0) is 6.54 Å². The maximum atomic E-state index is 13.8. The fraction of sp³-hybridized carbons (Fsp3) is 0.250. The molecule has 6 nitrogen and oxygen atoms in total. The summed E-state index contributed by atoms with van der Waals surface area (Å²) in [4.78, 5) is 17.5. The van der Waals surface area contributed by atoms with Gasteiger partial charge in [0, 0.05) is 12.5 Å². The average Bonchev–Trinajstić information content (AvgIpc) is 3.30. The minimum absolute atomic E-state index is 0.197. The molecular weight excluding hydrogens is 462 g/mol. The van der Waals surface area contributed by atoms with Crippen LogP contribution in [0.15, 0.2) is 72.3 Å². The van der Waals surface area contributed by atoms with Crippen LogP contribution >= 0.6 is 0 Å². The highest BCUT2D eigenvalue weighted by atomic mass is 19.1. The molecule has 1 aliphatic rings. The molecule has 3 heterocycles. The first-order valence-corrected chi connectivity index (χ1v) is 12.0. The number of halogens is 2. The summed E-state index contributed by atoms with van der Waals surface area (Å²) >= 11 is 0. The molecule has 36 heavy (non-hydrogen) atoms. The van der Waals surface area contributed by atoms with Gasteiger partial charge in [0.15, 0.2) is 11.6 Å². The molecule has 0 amide bonds. The molecule has 0 spiro atoms. The van der Waals surface area contributed by atoms with E-state index < -0.39 is 0 Å². The van der Waals surface area contributed by atoms with Crippen molar-refractivity contribution in [3.8, 4) is 17.3 Å². The number of nitrogens with zero attached hydrogens (tertiary/aromatic N) is 4. The molecule has 0 bridgehead atoms. The Morgan fingerprint density at radius 3 is 2.31 bits per heavy atom. The average molecular weight is 489 g/mol. The fourth-order valence-electron chi connectivity index (χ4n) is 4.79. The number of ether oxygens (including phenoxy) is 1. The summed E-state index contributed by atoms with van der Waals surface area (Å²) < 4.78 is 37.4. The Labute approximate surface area is 207 Å². The van der Waals surface area contributed by atoms with Gasteiger partial charge in [-0.05, 0) is 47.9 Å². The van der Waals surface area contributed by atoms with Gasteiger partial charge in [-0.3, -0.25) is 9.48 Å². The Morgan fingerprint density at radius 1 is 1.08 bits per heavy atom. The lowest BCUT2D eigenvalue weighted by molar-refractivity contribution is 0.288. The Bertz CT molecular complexity index is 1400. The van der Waals surface area contributed by atoms with Crippen LogP contribution in [0.1, 0.15) is 48.5 Å². The molecule has 0 fully saturated rings. The summed E-state index contributed by atoms with van der Waals surface area (Å²) in [5, 5.41) is 4.53. The number of hydrogen-bond donors (Lipinski definition) is 0. The molecule has 1 atom stereocenters. The van der Waals surface area contributed by atoms with E-state index in [1.54, 1.807) is 41.2 Å². The largest absolute Gasteiger partial charge is 0.487 e. The zero-order valence-corrected chi connectivity index (χ0v) is 19.9. The van der Waals surface area contributed by atoms with Gasteiger partial charge in [0.05, 0.1) is 30.7 Å². The minimum atomic E-state index is -0.356.